The third-order valence-electron chi connectivity index (χ3n) is 5.61. The number of nitrogens with zero attached hydrogens (tertiary/aromatic N) is 3. The van der Waals surface area contributed by atoms with Gasteiger partial charge in [-0.25, -0.2) is 4.39 Å². The minimum absolute atomic E-state index is 0.0855. The maximum absolute atomic E-state index is 14.1. The molecule has 0 N–H and O–H groups in total. The molecule has 1 aromatic carbocycles. The van der Waals surface area contributed by atoms with Gasteiger partial charge in [-0.05, 0) is 29.6 Å². The minimum atomic E-state index is -0.166. The van der Waals surface area contributed by atoms with Crippen LogP contribution in [0.3, 0.4) is 0 Å². The molecular weight excluding hydrogens is 361 g/mol. The van der Waals surface area contributed by atoms with Crippen molar-refractivity contribution in [3.8, 4) is 0 Å². The lowest BCUT2D eigenvalue weighted by Gasteiger charge is -2.38. The molecule has 0 unspecified atom stereocenters. The van der Waals surface area contributed by atoms with Crippen LogP contribution in [-0.2, 0) is 13.1 Å². The second kappa shape index (κ2) is 6.62. The van der Waals surface area contributed by atoms with Crippen LogP contribution in [0.4, 0.5) is 4.39 Å². The predicted octanol–water partition coefficient (Wildman–Crippen LogP) is 3.77. The topological polar surface area (TPSA) is 28.5 Å². The lowest BCUT2D eigenvalue weighted by atomic mass is 10.1. The van der Waals surface area contributed by atoms with Crippen molar-refractivity contribution in [1.82, 2.24) is 14.4 Å². The molecule has 138 valence electrons. The van der Waals surface area contributed by atoms with Gasteiger partial charge in [0, 0.05) is 36.3 Å². The Morgan fingerprint density at radius 3 is 2.67 bits per heavy atom. The van der Waals surface area contributed by atoms with Crippen molar-refractivity contribution in [1.29, 1.82) is 0 Å². The Balaban J connectivity index is 1.44. The van der Waals surface area contributed by atoms with Gasteiger partial charge in [-0.15, -0.1) is 11.3 Å². The molecule has 5 rings (SSSR count). The van der Waals surface area contributed by atoms with E-state index in [4.69, 9.17) is 0 Å². The largest absolute Gasteiger partial charge is 0.337 e. The number of carbonyl (C=O) groups is 1. The quantitative estimate of drug-likeness (QED) is 0.688. The Labute approximate surface area is 161 Å². The van der Waals surface area contributed by atoms with Gasteiger partial charge in [0.1, 0.15) is 11.5 Å². The Kier molecular flexibility index (Phi) is 4.10. The van der Waals surface area contributed by atoms with Gasteiger partial charge in [0.25, 0.3) is 5.91 Å². The molecule has 2 aromatic heterocycles. The molecule has 0 spiro atoms. The monoisotopic (exact) mass is 381 g/mol. The minimum Gasteiger partial charge on any atom is -0.337 e. The summed E-state index contributed by atoms with van der Waals surface area (Å²) in [5, 5.41) is 2.04. The lowest BCUT2D eigenvalue weighted by Crippen LogP contribution is -2.49. The second-order valence-electron chi connectivity index (χ2n) is 7.23. The van der Waals surface area contributed by atoms with Crippen LogP contribution in [0.15, 0.2) is 60.1 Å². The van der Waals surface area contributed by atoms with Crippen molar-refractivity contribution in [2.24, 2.45) is 0 Å². The van der Waals surface area contributed by atoms with Crippen LogP contribution in [-0.4, -0.2) is 39.4 Å². The van der Waals surface area contributed by atoms with Gasteiger partial charge >= 0.3 is 0 Å². The Morgan fingerprint density at radius 1 is 1.00 bits per heavy atom. The van der Waals surface area contributed by atoms with Crippen molar-refractivity contribution in [3.63, 3.8) is 0 Å². The molecule has 0 aliphatic carbocycles. The van der Waals surface area contributed by atoms with Crippen molar-refractivity contribution in [3.05, 3.63) is 82.1 Å². The average molecular weight is 381 g/mol. The highest BCUT2D eigenvalue weighted by Gasteiger charge is 2.44. The zero-order chi connectivity index (χ0) is 18.4. The SMILES string of the molecule is O=C1c2cccn2[C@H]2CN(Cc3ccccc3F)C[C@@H]2N1Cc1cccs1. The molecule has 4 nitrogen and oxygen atoms in total. The predicted molar refractivity (Wildman–Crippen MR) is 103 cm³/mol. The fourth-order valence-electron chi connectivity index (χ4n) is 4.34. The molecule has 0 bridgehead atoms. The normalized spacial score (nSPS) is 22.1. The third kappa shape index (κ3) is 2.89. The van der Waals surface area contributed by atoms with Crippen LogP contribution >= 0.6 is 11.3 Å². The summed E-state index contributed by atoms with van der Waals surface area (Å²) >= 11 is 1.68. The van der Waals surface area contributed by atoms with E-state index in [0.29, 0.717) is 18.7 Å². The molecule has 2 atom stereocenters. The molecule has 6 heteroatoms. The number of rotatable bonds is 4. The summed E-state index contributed by atoms with van der Waals surface area (Å²) in [6.45, 7) is 2.77. The highest BCUT2D eigenvalue weighted by Crippen LogP contribution is 2.35. The average Bonchev–Trinajstić information content (AvgIpc) is 3.40. The molecule has 0 radical (unpaired) electrons. The first-order chi connectivity index (χ1) is 13.2. The van der Waals surface area contributed by atoms with E-state index >= 15 is 0 Å². The summed E-state index contributed by atoms with van der Waals surface area (Å²) in [6, 6.07) is 15.2. The number of halogens is 1. The molecule has 2 aliphatic heterocycles. The summed E-state index contributed by atoms with van der Waals surface area (Å²) in [7, 11) is 0. The number of hydrogen-bond donors (Lipinski definition) is 0. The van der Waals surface area contributed by atoms with E-state index in [9.17, 15) is 9.18 Å². The van der Waals surface area contributed by atoms with Crippen molar-refractivity contribution < 1.29 is 9.18 Å². The molecule has 3 aromatic rings. The first kappa shape index (κ1) is 16.7. The summed E-state index contributed by atoms with van der Waals surface area (Å²) in [4.78, 5) is 18.6. The van der Waals surface area contributed by atoms with Gasteiger partial charge in [-0.1, -0.05) is 24.3 Å². The van der Waals surface area contributed by atoms with Crippen molar-refractivity contribution in [2.45, 2.75) is 25.2 Å². The van der Waals surface area contributed by atoms with Gasteiger partial charge in [-0.3, -0.25) is 9.69 Å². The van der Waals surface area contributed by atoms with Crippen LogP contribution in [0.2, 0.25) is 0 Å². The van der Waals surface area contributed by atoms with E-state index < -0.39 is 0 Å². The van der Waals surface area contributed by atoms with E-state index in [1.165, 1.54) is 10.9 Å². The Hall–Kier alpha value is -2.44. The zero-order valence-electron chi connectivity index (χ0n) is 14.8. The van der Waals surface area contributed by atoms with E-state index in [1.807, 2.05) is 46.8 Å². The highest BCUT2D eigenvalue weighted by atomic mass is 32.1. The highest BCUT2D eigenvalue weighted by molar-refractivity contribution is 7.09. The number of carbonyl (C=O) groups excluding carboxylic acids is 1. The molecule has 2 aliphatic rings. The number of benzene rings is 1. The molecule has 27 heavy (non-hydrogen) atoms. The summed E-state index contributed by atoms with van der Waals surface area (Å²) in [6.07, 6.45) is 2.00. The summed E-state index contributed by atoms with van der Waals surface area (Å²) in [5.41, 5.74) is 1.46. The Morgan fingerprint density at radius 2 is 1.85 bits per heavy atom. The van der Waals surface area contributed by atoms with Crippen molar-refractivity contribution in [2.75, 3.05) is 13.1 Å². The first-order valence-corrected chi connectivity index (χ1v) is 10.0. The van der Waals surface area contributed by atoms with Crippen LogP contribution in [0.5, 0.6) is 0 Å². The summed E-state index contributed by atoms with van der Waals surface area (Å²) in [5.74, 6) is -0.0806. The van der Waals surface area contributed by atoms with Gasteiger partial charge in [0.05, 0.1) is 18.6 Å². The van der Waals surface area contributed by atoms with Crippen LogP contribution in [0.1, 0.15) is 27.0 Å². The van der Waals surface area contributed by atoms with Crippen LogP contribution in [0, 0.1) is 5.82 Å². The lowest BCUT2D eigenvalue weighted by molar-refractivity contribution is 0.0559. The zero-order valence-corrected chi connectivity index (χ0v) is 15.6. The molecular formula is C21H20FN3OS. The van der Waals surface area contributed by atoms with Crippen molar-refractivity contribution >= 4 is 17.2 Å². The third-order valence-corrected chi connectivity index (χ3v) is 6.47. The number of likely N-dealkylation sites (tertiary alicyclic amines) is 1. The summed E-state index contributed by atoms with van der Waals surface area (Å²) < 4.78 is 16.2. The molecule has 1 saturated heterocycles. The fraction of sp³-hybridized carbons (Fsp3) is 0.286. The van der Waals surface area contributed by atoms with Gasteiger partial charge in [-0.2, -0.15) is 0 Å². The fourth-order valence-corrected chi connectivity index (χ4v) is 5.05. The van der Waals surface area contributed by atoms with Gasteiger partial charge in [0.15, 0.2) is 0 Å². The van der Waals surface area contributed by atoms with Crippen LogP contribution < -0.4 is 0 Å². The van der Waals surface area contributed by atoms with E-state index in [0.717, 1.165) is 18.8 Å². The smallest absolute Gasteiger partial charge is 0.271 e. The van der Waals surface area contributed by atoms with Gasteiger partial charge < -0.3 is 9.47 Å². The standard InChI is InChI=1S/C21H20FN3OS/c22-17-7-2-1-5-15(17)11-23-13-19-20(14-23)25(12-16-6-4-10-27-16)21(26)18-8-3-9-24(18)19/h1-10,19-20H,11-14H2/t19-,20-/m0/s1. The molecule has 0 saturated carbocycles. The number of hydrogen-bond acceptors (Lipinski definition) is 3. The van der Waals surface area contributed by atoms with Crippen LogP contribution in [0.25, 0.3) is 0 Å². The Bertz CT molecular complexity index is 967. The molecule has 1 amide bonds. The maximum Gasteiger partial charge on any atom is 0.271 e. The first-order valence-electron chi connectivity index (χ1n) is 9.16. The molecule has 4 heterocycles. The number of aromatic nitrogens is 1. The van der Waals surface area contributed by atoms with E-state index in [-0.39, 0.29) is 23.8 Å². The molecule has 1 fully saturated rings. The number of amides is 1. The number of fused-ring (bicyclic) bond motifs is 3. The maximum atomic E-state index is 14.1. The van der Waals surface area contributed by atoms with E-state index in [1.54, 1.807) is 17.4 Å². The van der Waals surface area contributed by atoms with E-state index in [2.05, 4.69) is 15.5 Å². The van der Waals surface area contributed by atoms with Gasteiger partial charge in [0.2, 0.25) is 0 Å². The second-order valence-corrected chi connectivity index (χ2v) is 8.27. The number of thiophene rings is 1.